The Morgan fingerprint density at radius 1 is 1.11 bits per heavy atom. The third-order valence-corrected chi connectivity index (χ3v) is 4.02. The highest BCUT2D eigenvalue weighted by Crippen LogP contribution is 2.32. The number of nitrogens with one attached hydrogen (secondary N) is 1. The van der Waals surface area contributed by atoms with E-state index in [-0.39, 0.29) is 17.7 Å². The molecular formula is C21H20N2O5. The number of esters is 1. The van der Waals surface area contributed by atoms with E-state index >= 15 is 0 Å². The number of carbonyl (C=O) groups is 2. The number of carbonyl (C=O) groups excluding carboxylic acids is 1. The van der Waals surface area contributed by atoms with E-state index in [1.807, 2.05) is 6.92 Å². The second kappa shape index (κ2) is 8.39. The molecule has 0 amide bonds. The number of carboxylic acid groups (broad SMARTS) is 1. The number of aromatic nitrogens is 1. The van der Waals surface area contributed by atoms with E-state index in [1.165, 1.54) is 18.3 Å². The Morgan fingerprint density at radius 2 is 1.93 bits per heavy atom. The van der Waals surface area contributed by atoms with E-state index in [4.69, 9.17) is 9.47 Å². The molecule has 0 fully saturated rings. The molecule has 0 aliphatic rings. The lowest BCUT2D eigenvalue weighted by Crippen LogP contribution is -2.09. The molecule has 1 heterocycles. The first-order valence-corrected chi connectivity index (χ1v) is 8.86. The molecule has 144 valence electrons. The number of anilines is 2. The van der Waals surface area contributed by atoms with Gasteiger partial charge in [0.05, 0.1) is 30.0 Å². The van der Waals surface area contributed by atoms with Gasteiger partial charge in [0.2, 0.25) is 0 Å². The molecule has 7 nitrogen and oxygen atoms in total. The smallest absolute Gasteiger partial charge is 0.341 e. The molecule has 0 unspecified atom stereocenters. The summed E-state index contributed by atoms with van der Waals surface area (Å²) in [6.07, 6.45) is 1.45. The Balaban J connectivity index is 2.16. The Bertz CT molecular complexity index is 1030. The molecule has 0 saturated heterocycles. The number of benzene rings is 2. The standard InChI is InChI=1S/C21H20N2O5/c1-3-27-15-8-9-18-16(11-15)19(17(12-22-18)21(26)28-4-2)23-14-7-5-6-13(10-14)20(24)25/h5-12H,3-4H2,1-2H3,(H,22,23)(H,24,25). The maximum atomic E-state index is 12.5. The molecule has 2 aromatic carbocycles. The van der Waals surface area contributed by atoms with Gasteiger partial charge < -0.3 is 19.9 Å². The first-order chi connectivity index (χ1) is 13.5. The predicted octanol–water partition coefficient (Wildman–Crippen LogP) is 4.25. The lowest BCUT2D eigenvalue weighted by molar-refractivity contribution is 0.0526. The summed E-state index contributed by atoms with van der Waals surface area (Å²) in [7, 11) is 0. The number of carboxylic acids is 1. The lowest BCUT2D eigenvalue weighted by Gasteiger charge is -2.15. The van der Waals surface area contributed by atoms with Crippen LogP contribution in [0, 0.1) is 0 Å². The van der Waals surface area contributed by atoms with Gasteiger partial charge in [-0.2, -0.15) is 0 Å². The second-order valence-corrected chi connectivity index (χ2v) is 5.89. The SMILES string of the molecule is CCOC(=O)c1cnc2ccc(OCC)cc2c1Nc1cccc(C(=O)O)c1. The van der Waals surface area contributed by atoms with Gasteiger partial charge in [0.15, 0.2) is 0 Å². The normalized spacial score (nSPS) is 10.5. The maximum Gasteiger partial charge on any atom is 0.341 e. The van der Waals surface area contributed by atoms with Crippen molar-refractivity contribution < 1.29 is 24.2 Å². The highest BCUT2D eigenvalue weighted by atomic mass is 16.5. The number of pyridine rings is 1. The van der Waals surface area contributed by atoms with Crippen LogP contribution >= 0.6 is 0 Å². The summed E-state index contributed by atoms with van der Waals surface area (Å²) in [5.41, 5.74) is 2.06. The molecule has 0 bridgehead atoms. The van der Waals surface area contributed by atoms with Gasteiger partial charge in [-0.25, -0.2) is 9.59 Å². The summed E-state index contributed by atoms with van der Waals surface area (Å²) in [6, 6.07) is 11.7. The zero-order valence-electron chi connectivity index (χ0n) is 15.6. The van der Waals surface area contributed by atoms with Crippen LogP contribution in [-0.2, 0) is 4.74 Å². The fraction of sp³-hybridized carbons (Fsp3) is 0.190. The second-order valence-electron chi connectivity index (χ2n) is 5.89. The topological polar surface area (TPSA) is 97.8 Å². The van der Waals surface area contributed by atoms with Crippen LogP contribution in [0.5, 0.6) is 5.75 Å². The van der Waals surface area contributed by atoms with E-state index in [1.54, 1.807) is 37.3 Å². The molecule has 0 atom stereocenters. The first kappa shape index (κ1) is 19.2. The van der Waals surface area contributed by atoms with Crippen molar-refractivity contribution in [2.75, 3.05) is 18.5 Å². The number of hydrogen-bond donors (Lipinski definition) is 2. The molecule has 28 heavy (non-hydrogen) atoms. The Labute approximate surface area is 161 Å². The fourth-order valence-corrected chi connectivity index (χ4v) is 2.80. The molecule has 2 N–H and O–H groups in total. The molecule has 0 saturated carbocycles. The van der Waals surface area contributed by atoms with Gasteiger partial charge in [0, 0.05) is 17.3 Å². The van der Waals surface area contributed by atoms with E-state index in [2.05, 4.69) is 10.3 Å². The summed E-state index contributed by atoms with van der Waals surface area (Å²) in [5, 5.41) is 13.1. The van der Waals surface area contributed by atoms with Gasteiger partial charge in [-0.15, -0.1) is 0 Å². The minimum Gasteiger partial charge on any atom is -0.494 e. The minimum atomic E-state index is -1.03. The van der Waals surface area contributed by atoms with Crippen LogP contribution in [0.25, 0.3) is 10.9 Å². The summed E-state index contributed by atoms with van der Waals surface area (Å²) >= 11 is 0. The van der Waals surface area contributed by atoms with Crippen molar-refractivity contribution in [2.24, 2.45) is 0 Å². The third kappa shape index (κ3) is 4.03. The van der Waals surface area contributed by atoms with Gasteiger partial charge in [-0.1, -0.05) is 6.07 Å². The van der Waals surface area contributed by atoms with Crippen molar-refractivity contribution in [1.29, 1.82) is 0 Å². The van der Waals surface area contributed by atoms with Crippen molar-refractivity contribution in [3.8, 4) is 5.75 Å². The summed E-state index contributed by atoms with van der Waals surface area (Å²) in [5.74, 6) is -0.914. The van der Waals surface area contributed by atoms with E-state index in [9.17, 15) is 14.7 Å². The van der Waals surface area contributed by atoms with Gasteiger partial charge in [-0.3, -0.25) is 4.98 Å². The molecule has 3 rings (SSSR count). The molecule has 1 aromatic heterocycles. The highest BCUT2D eigenvalue weighted by Gasteiger charge is 2.18. The van der Waals surface area contributed by atoms with Crippen molar-refractivity contribution >= 4 is 34.2 Å². The number of rotatable bonds is 7. The number of nitrogens with zero attached hydrogens (tertiary/aromatic N) is 1. The summed E-state index contributed by atoms with van der Waals surface area (Å²) in [4.78, 5) is 28.1. The summed E-state index contributed by atoms with van der Waals surface area (Å²) in [6.45, 7) is 4.33. The predicted molar refractivity (Wildman–Crippen MR) is 106 cm³/mol. The van der Waals surface area contributed by atoms with Crippen molar-refractivity contribution in [1.82, 2.24) is 4.98 Å². The van der Waals surface area contributed by atoms with Gasteiger partial charge in [0.1, 0.15) is 11.3 Å². The van der Waals surface area contributed by atoms with Crippen molar-refractivity contribution in [2.45, 2.75) is 13.8 Å². The molecule has 3 aromatic rings. The molecule has 0 spiro atoms. The number of aromatic carboxylic acids is 1. The highest BCUT2D eigenvalue weighted by molar-refractivity contribution is 6.06. The van der Waals surface area contributed by atoms with E-state index in [0.29, 0.717) is 34.6 Å². The number of fused-ring (bicyclic) bond motifs is 1. The zero-order chi connectivity index (χ0) is 20.1. The Hall–Kier alpha value is -3.61. The maximum absolute atomic E-state index is 12.5. The zero-order valence-corrected chi connectivity index (χ0v) is 15.6. The van der Waals surface area contributed by atoms with Gasteiger partial charge >= 0.3 is 11.9 Å². The van der Waals surface area contributed by atoms with Gasteiger partial charge in [0.25, 0.3) is 0 Å². The van der Waals surface area contributed by atoms with Crippen LogP contribution in [0.15, 0.2) is 48.7 Å². The summed E-state index contributed by atoms with van der Waals surface area (Å²) < 4.78 is 10.7. The van der Waals surface area contributed by atoms with E-state index in [0.717, 1.165) is 0 Å². The van der Waals surface area contributed by atoms with Crippen LogP contribution < -0.4 is 10.1 Å². The third-order valence-electron chi connectivity index (χ3n) is 4.02. The largest absolute Gasteiger partial charge is 0.494 e. The molecule has 0 aliphatic carbocycles. The average molecular weight is 380 g/mol. The van der Waals surface area contributed by atoms with Gasteiger partial charge in [-0.05, 0) is 50.2 Å². The van der Waals surface area contributed by atoms with E-state index < -0.39 is 11.9 Å². The monoisotopic (exact) mass is 380 g/mol. The van der Waals surface area contributed by atoms with Crippen LogP contribution in [0.1, 0.15) is 34.6 Å². The fourth-order valence-electron chi connectivity index (χ4n) is 2.80. The number of ether oxygens (including phenoxy) is 2. The van der Waals surface area contributed by atoms with Crippen molar-refractivity contribution in [3.63, 3.8) is 0 Å². The Kier molecular flexibility index (Phi) is 5.74. The van der Waals surface area contributed by atoms with Crippen molar-refractivity contribution in [3.05, 3.63) is 59.8 Å². The van der Waals surface area contributed by atoms with Crippen LogP contribution in [0.4, 0.5) is 11.4 Å². The van der Waals surface area contributed by atoms with Crippen LogP contribution in [0.2, 0.25) is 0 Å². The average Bonchev–Trinajstić information content (AvgIpc) is 2.69. The van der Waals surface area contributed by atoms with Crippen LogP contribution in [-0.4, -0.2) is 35.2 Å². The molecular weight excluding hydrogens is 360 g/mol. The lowest BCUT2D eigenvalue weighted by atomic mass is 10.1. The number of hydrogen-bond acceptors (Lipinski definition) is 6. The Morgan fingerprint density at radius 3 is 2.64 bits per heavy atom. The molecule has 0 aliphatic heterocycles. The first-order valence-electron chi connectivity index (χ1n) is 8.86. The van der Waals surface area contributed by atoms with Crippen LogP contribution in [0.3, 0.4) is 0 Å². The molecule has 7 heteroatoms. The quantitative estimate of drug-likeness (QED) is 0.591. The minimum absolute atomic E-state index is 0.135. The molecule has 0 radical (unpaired) electrons.